The lowest BCUT2D eigenvalue weighted by Gasteiger charge is -1.98. The minimum Gasteiger partial charge on any atom is -0.409 e. The second-order valence-corrected chi connectivity index (χ2v) is 2.57. The van der Waals surface area contributed by atoms with Crippen LogP contribution in [0.4, 0.5) is 0 Å². The van der Waals surface area contributed by atoms with Gasteiger partial charge < -0.3 is 10.9 Å². The first-order chi connectivity index (χ1) is 6.77. The highest BCUT2D eigenvalue weighted by atomic mass is 16.4. The molecule has 14 heavy (non-hydrogen) atoms. The van der Waals surface area contributed by atoms with Gasteiger partial charge in [-0.25, -0.2) is 0 Å². The Hall–Kier alpha value is -2.28. The highest BCUT2D eigenvalue weighted by molar-refractivity contribution is 5.97. The molecule has 0 aliphatic rings. The monoisotopic (exact) mass is 187 g/mol. The van der Waals surface area contributed by atoms with Gasteiger partial charge in [0.05, 0.1) is 6.07 Å². The molecule has 70 valence electrons. The van der Waals surface area contributed by atoms with Crippen molar-refractivity contribution in [3.63, 3.8) is 0 Å². The third-order valence-electron chi connectivity index (χ3n) is 1.66. The van der Waals surface area contributed by atoms with Crippen molar-refractivity contribution >= 4 is 11.9 Å². The molecule has 4 heteroatoms. The molecule has 0 aliphatic heterocycles. The highest BCUT2D eigenvalue weighted by Gasteiger charge is 1.96. The average molecular weight is 187 g/mol. The van der Waals surface area contributed by atoms with Crippen molar-refractivity contribution in [2.24, 2.45) is 10.9 Å². The van der Waals surface area contributed by atoms with Crippen LogP contribution in [0, 0.1) is 11.3 Å². The summed E-state index contributed by atoms with van der Waals surface area (Å²) in [4.78, 5) is 0. The summed E-state index contributed by atoms with van der Waals surface area (Å²) in [6.07, 6.45) is 3.06. The van der Waals surface area contributed by atoms with Gasteiger partial charge in [-0.2, -0.15) is 5.26 Å². The van der Waals surface area contributed by atoms with Crippen LogP contribution in [0.3, 0.4) is 0 Å². The Kier molecular flexibility index (Phi) is 3.27. The molecule has 3 N–H and O–H groups in total. The molecule has 1 rings (SSSR count). The summed E-state index contributed by atoms with van der Waals surface area (Å²) in [5.41, 5.74) is 6.90. The molecule has 4 nitrogen and oxygen atoms in total. The van der Waals surface area contributed by atoms with E-state index in [1.807, 2.05) is 6.07 Å². The topological polar surface area (TPSA) is 82.4 Å². The standard InChI is InChI=1S/C10H9N3O/c11-7-1-2-8-3-5-9(6-4-8)10(12)13-14/h1-6,14H,(H2,12,13). The van der Waals surface area contributed by atoms with Gasteiger partial charge in [-0.05, 0) is 11.6 Å². The van der Waals surface area contributed by atoms with Gasteiger partial charge in [-0.1, -0.05) is 29.4 Å². The summed E-state index contributed by atoms with van der Waals surface area (Å²) in [7, 11) is 0. The maximum absolute atomic E-state index is 8.40. The maximum Gasteiger partial charge on any atom is 0.170 e. The Morgan fingerprint density at radius 1 is 1.43 bits per heavy atom. The molecule has 0 amide bonds. The van der Waals surface area contributed by atoms with E-state index in [1.165, 1.54) is 6.08 Å². The molecule has 0 aromatic heterocycles. The second-order valence-electron chi connectivity index (χ2n) is 2.57. The minimum atomic E-state index is 0.0702. The van der Waals surface area contributed by atoms with E-state index in [0.29, 0.717) is 5.56 Å². The van der Waals surface area contributed by atoms with Gasteiger partial charge in [0.25, 0.3) is 0 Å². The van der Waals surface area contributed by atoms with Crippen molar-refractivity contribution in [1.29, 1.82) is 5.26 Å². The largest absolute Gasteiger partial charge is 0.409 e. The van der Waals surface area contributed by atoms with Crippen molar-refractivity contribution in [2.45, 2.75) is 0 Å². The molecular formula is C10H9N3O. The molecule has 0 saturated carbocycles. The normalized spacial score (nSPS) is 11.5. The summed E-state index contributed by atoms with van der Waals surface area (Å²) >= 11 is 0. The van der Waals surface area contributed by atoms with Crippen LogP contribution in [0.5, 0.6) is 0 Å². The molecule has 0 radical (unpaired) electrons. The van der Waals surface area contributed by atoms with E-state index in [2.05, 4.69) is 5.16 Å². The van der Waals surface area contributed by atoms with Gasteiger partial charge in [0.1, 0.15) is 0 Å². The highest BCUT2D eigenvalue weighted by Crippen LogP contribution is 2.05. The fourth-order valence-corrected chi connectivity index (χ4v) is 0.956. The van der Waals surface area contributed by atoms with Gasteiger partial charge in [0.2, 0.25) is 0 Å². The number of nitrogens with zero attached hydrogens (tertiary/aromatic N) is 2. The molecule has 1 aromatic carbocycles. The molecule has 0 bridgehead atoms. The Morgan fingerprint density at radius 2 is 2.07 bits per heavy atom. The van der Waals surface area contributed by atoms with E-state index in [0.717, 1.165) is 5.56 Å². The molecule has 0 unspecified atom stereocenters. The lowest BCUT2D eigenvalue weighted by Crippen LogP contribution is -2.12. The number of nitriles is 1. The van der Waals surface area contributed by atoms with E-state index >= 15 is 0 Å². The van der Waals surface area contributed by atoms with Gasteiger partial charge in [-0.3, -0.25) is 0 Å². The lowest BCUT2D eigenvalue weighted by molar-refractivity contribution is 0.318. The fraction of sp³-hybridized carbons (Fsp3) is 0. The average Bonchev–Trinajstić information content (AvgIpc) is 2.26. The number of benzene rings is 1. The van der Waals surface area contributed by atoms with Crippen LogP contribution in [0.2, 0.25) is 0 Å². The first-order valence-electron chi connectivity index (χ1n) is 3.92. The van der Waals surface area contributed by atoms with Crippen molar-refractivity contribution in [2.75, 3.05) is 0 Å². The second kappa shape index (κ2) is 4.67. The Labute approximate surface area is 81.6 Å². The molecule has 0 atom stereocenters. The fourth-order valence-electron chi connectivity index (χ4n) is 0.956. The van der Waals surface area contributed by atoms with E-state index in [9.17, 15) is 0 Å². The predicted molar refractivity (Wildman–Crippen MR) is 53.6 cm³/mol. The molecule has 0 spiro atoms. The van der Waals surface area contributed by atoms with Crippen LogP contribution in [-0.4, -0.2) is 11.0 Å². The number of oxime groups is 1. The lowest BCUT2D eigenvalue weighted by atomic mass is 10.1. The number of amidine groups is 1. The summed E-state index contributed by atoms with van der Waals surface area (Å²) in [6.45, 7) is 0. The van der Waals surface area contributed by atoms with Crippen molar-refractivity contribution in [1.82, 2.24) is 0 Å². The zero-order valence-corrected chi connectivity index (χ0v) is 7.38. The molecule has 0 heterocycles. The third kappa shape index (κ3) is 2.35. The summed E-state index contributed by atoms with van der Waals surface area (Å²) in [5.74, 6) is 0.0702. The quantitative estimate of drug-likeness (QED) is 0.241. The van der Waals surface area contributed by atoms with Gasteiger partial charge >= 0.3 is 0 Å². The number of rotatable bonds is 2. The molecule has 0 aliphatic carbocycles. The smallest absolute Gasteiger partial charge is 0.170 e. The Bertz CT molecular complexity index is 398. The van der Waals surface area contributed by atoms with Crippen LogP contribution in [0.25, 0.3) is 6.08 Å². The van der Waals surface area contributed by atoms with Crippen molar-refractivity contribution in [3.8, 4) is 6.07 Å². The van der Waals surface area contributed by atoms with E-state index in [1.54, 1.807) is 30.3 Å². The SMILES string of the molecule is N#CC=Cc1ccc(C(N)=NO)cc1. The van der Waals surface area contributed by atoms with Crippen molar-refractivity contribution in [3.05, 3.63) is 41.5 Å². The Balaban J connectivity index is 2.90. The zero-order valence-electron chi connectivity index (χ0n) is 7.38. The first-order valence-corrected chi connectivity index (χ1v) is 3.92. The van der Waals surface area contributed by atoms with Gasteiger partial charge in [0, 0.05) is 11.6 Å². The molecule has 0 saturated heterocycles. The van der Waals surface area contributed by atoms with E-state index in [4.69, 9.17) is 16.2 Å². The van der Waals surface area contributed by atoms with Crippen LogP contribution in [0.1, 0.15) is 11.1 Å². The van der Waals surface area contributed by atoms with Crippen LogP contribution in [-0.2, 0) is 0 Å². The third-order valence-corrected chi connectivity index (χ3v) is 1.66. The number of hydrogen-bond donors (Lipinski definition) is 2. The van der Waals surface area contributed by atoms with E-state index in [-0.39, 0.29) is 5.84 Å². The van der Waals surface area contributed by atoms with Gasteiger partial charge in [-0.15, -0.1) is 0 Å². The summed E-state index contributed by atoms with van der Waals surface area (Å²) < 4.78 is 0. The Morgan fingerprint density at radius 3 is 2.57 bits per heavy atom. The van der Waals surface area contributed by atoms with Crippen LogP contribution < -0.4 is 5.73 Å². The number of nitrogens with two attached hydrogens (primary N) is 1. The summed E-state index contributed by atoms with van der Waals surface area (Å²) in [5, 5.41) is 19.6. The van der Waals surface area contributed by atoms with Gasteiger partial charge in [0.15, 0.2) is 5.84 Å². The van der Waals surface area contributed by atoms with Crippen molar-refractivity contribution < 1.29 is 5.21 Å². The molecule has 0 fully saturated rings. The predicted octanol–water partition coefficient (Wildman–Crippen LogP) is 1.32. The first kappa shape index (κ1) is 9.81. The number of hydrogen-bond acceptors (Lipinski definition) is 3. The number of allylic oxidation sites excluding steroid dienone is 1. The molecular weight excluding hydrogens is 178 g/mol. The maximum atomic E-state index is 8.40. The van der Waals surface area contributed by atoms with Crippen LogP contribution >= 0.6 is 0 Å². The van der Waals surface area contributed by atoms with E-state index < -0.39 is 0 Å². The molecule has 1 aromatic rings. The van der Waals surface area contributed by atoms with Crippen LogP contribution in [0.15, 0.2) is 35.5 Å². The minimum absolute atomic E-state index is 0.0702. The zero-order chi connectivity index (χ0) is 10.4. The summed E-state index contributed by atoms with van der Waals surface area (Å²) in [6, 6.07) is 8.88.